The quantitative estimate of drug-likeness (QED) is 0.658. The van der Waals surface area contributed by atoms with Crippen LogP contribution in [0.1, 0.15) is 0 Å². The Morgan fingerprint density at radius 1 is 0.667 bits per heavy atom. The standard InChI is InChI=1S/C19H22N6O2/c1-25(2)19-23-17(20-13-5-9-15(26-3)10-6-13)22-18(24-19)21-14-7-11-16(27-4)12-8-14/h5-12H,1-4H3,(H2,20,21,22,23,24). The predicted octanol–water partition coefficient (Wildman–Crippen LogP) is 3.44. The van der Waals surface area contributed by atoms with Crippen LogP contribution in [0.4, 0.5) is 29.2 Å². The smallest absolute Gasteiger partial charge is 0.233 e. The molecule has 2 aromatic carbocycles. The van der Waals surface area contributed by atoms with Crippen molar-refractivity contribution in [1.82, 2.24) is 15.0 Å². The number of anilines is 5. The number of rotatable bonds is 7. The molecule has 0 bridgehead atoms. The van der Waals surface area contributed by atoms with E-state index < -0.39 is 0 Å². The van der Waals surface area contributed by atoms with Crippen molar-refractivity contribution in [3.8, 4) is 11.5 Å². The van der Waals surface area contributed by atoms with Gasteiger partial charge in [-0.1, -0.05) is 0 Å². The van der Waals surface area contributed by atoms with Gasteiger partial charge in [0.2, 0.25) is 17.8 Å². The highest BCUT2D eigenvalue weighted by Crippen LogP contribution is 2.22. The molecule has 0 amide bonds. The molecule has 1 heterocycles. The van der Waals surface area contributed by atoms with Crippen molar-refractivity contribution in [3.05, 3.63) is 48.5 Å². The van der Waals surface area contributed by atoms with Crippen LogP contribution >= 0.6 is 0 Å². The van der Waals surface area contributed by atoms with E-state index in [0.717, 1.165) is 22.9 Å². The fourth-order valence-corrected chi connectivity index (χ4v) is 2.28. The summed E-state index contributed by atoms with van der Waals surface area (Å²) in [4.78, 5) is 15.2. The lowest BCUT2D eigenvalue weighted by atomic mass is 10.3. The van der Waals surface area contributed by atoms with Crippen molar-refractivity contribution in [2.45, 2.75) is 0 Å². The molecule has 0 spiro atoms. The van der Waals surface area contributed by atoms with E-state index in [1.165, 1.54) is 0 Å². The zero-order chi connectivity index (χ0) is 19.2. The summed E-state index contributed by atoms with van der Waals surface area (Å²) in [5.41, 5.74) is 1.70. The van der Waals surface area contributed by atoms with Crippen LogP contribution < -0.4 is 25.0 Å². The van der Waals surface area contributed by atoms with Crippen LogP contribution in [0, 0.1) is 0 Å². The molecule has 3 aromatic rings. The van der Waals surface area contributed by atoms with Gasteiger partial charge in [-0.25, -0.2) is 0 Å². The van der Waals surface area contributed by atoms with Gasteiger partial charge in [0.15, 0.2) is 0 Å². The number of nitrogens with one attached hydrogen (secondary N) is 2. The fraction of sp³-hybridized carbons (Fsp3) is 0.211. The van der Waals surface area contributed by atoms with Gasteiger partial charge < -0.3 is 25.0 Å². The van der Waals surface area contributed by atoms with Gasteiger partial charge in [0, 0.05) is 25.5 Å². The molecule has 0 fully saturated rings. The van der Waals surface area contributed by atoms with Crippen molar-refractivity contribution in [2.75, 3.05) is 43.8 Å². The summed E-state index contributed by atoms with van der Waals surface area (Å²) >= 11 is 0. The molecule has 0 unspecified atom stereocenters. The minimum Gasteiger partial charge on any atom is -0.497 e. The van der Waals surface area contributed by atoms with E-state index in [-0.39, 0.29) is 0 Å². The summed E-state index contributed by atoms with van der Waals surface area (Å²) in [6.45, 7) is 0. The summed E-state index contributed by atoms with van der Waals surface area (Å²) in [5.74, 6) is 2.99. The second kappa shape index (κ2) is 8.22. The molecule has 8 heteroatoms. The Bertz CT molecular complexity index is 814. The third-order valence-corrected chi connectivity index (χ3v) is 3.72. The Morgan fingerprint density at radius 3 is 1.41 bits per heavy atom. The lowest BCUT2D eigenvalue weighted by molar-refractivity contribution is 0.415. The number of hydrogen-bond donors (Lipinski definition) is 2. The number of ether oxygens (including phenoxy) is 2. The Hall–Kier alpha value is -3.55. The van der Waals surface area contributed by atoms with E-state index in [4.69, 9.17) is 9.47 Å². The number of aromatic nitrogens is 3. The maximum absolute atomic E-state index is 5.18. The first-order chi connectivity index (χ1) is 13.1. The lowest BCUT2D eigenvalue weighted by Gasteiger charge is -2.14. The molecule has 3 rings (SSSR count). The highest BCUT2D eigenvalue weighted by Gasteiger charge is 2.09. The number of nitrogens with zero attached hydrogens (tertiary/aromatic N) is 4. The first-order valence-electron chi connectivity index (χ1n) is 8.33. The molecule has 0 radical (unpaired) electrons. The SMILES string of the molecule is COc1ccc(Nc2nc(Nc3ccc(OC)cc3)nc(N(C)C)n2)cc1. The van der Waals surface area contributed by atoms with Crippen molar-refractivity contribution >= 4 is 29.2 Å². The third kappa shape index (κ3) is 4.75. The average Bonchev–Trinajstić information content (AvgIpc) is 2.69. The molecule has 8 nitrogen and oxygen atoms in total. The van der Waals surface area contributed by atoms with Crippen LogP contribution in [-0.2, 0) is 0 Å². The van der Waals surface area contributed by atoms with Gasteiger partial charge in [-0.2, -0.15) is 15.0 Å². The van der Waals surface area contributed by atoms with Crippen molar-refractivity contribution in [1.29, 1.82) is 0 Å². The second-order valence-corrected chi connectivity index (χ2v) is 5.88. The Morgan fingerprint density at radius 2 is 1.07 bits per heavy atom. The topological polar surface area (TPSA) is 84.4 Å². The molecule has 0 aliphatic heterocycles. The van der Waals surface area contributed by atoms with E-state index >= 15 is 0 Å². The molecule has 1 aromatic heterocycles. The monoisotopic (exact) mass is 366 g/mol. The summed E-state index contributed by atoms with van der Waals surface area (Å²) in [7, 11) is 7.02. The van der Waals surface area contributed by atoms with Gasteiger partial charge >= 0.3 is 0 Å². The number of methoxy groups -OCH3 is 2. The van der Waals surface area contributed by atoms with E-state index in [1.54, 1.807) is 14.2 Å². The predicted molar refractivity (Wildman–Crippen MR) is 107 cm³/mol. The molecule has 0 saturated carbocycles. The maximum atomic E-state index is 5.18. The highest BCUT2D eigenvalue weighted by molar-refractivity contribution is 5.60. The molecular formula is C19H22N6O2. The van der Waals surface area contributed by atoms with Crippen molar-refractivity contribution < 1.29 is 9.47 Å². The number of benzene rings is 2. The van der Waals surface area contributed by atoms with Gasteiger partial charge in [-0.3, -0.25) is 0 Å². The highest BCUT2D eigenvalue weighted by atomic mass is 16.5. The van der Waals surface area contributed by atoms with Crippen LogP contribution in [0.2, 0.25) is 0 Å². The van der Waals surface area contributed by atoms with E-state index in [9.17, 15) is 0 Å². The summed E-state index contributed by atoms with van der Waals surface area (Å²) in [6.07, 6.45) is 0. The van der Waals surface area contributed by atoms with Gasteiger partial charge in [0.25, 0.3) is 0 Å². The molecule has 0 atom stereocenters. The lowest BCUT2D eigenvalue weighted by Crippen LogP contribution is -2.15. The molecule has 2 N–H and O–H groups in total. The third-order valence-electron chi connectivity index (χ3n) is 3.72. The van der Waals surface area contributed by atoms with E-state index in [1.807, 2.05) is 67.5 Å². The first kappa shape index (κ1) is 18.2. The fourth-order valence-electron chi connectivity index (χ4n) is 2.28. The van der Waals surface area contributed by atoms with Crippen LogP contribution in [0.5, 0.6) is 11.5 Å². The summed E-state index contributed by atoms with van der Waals surface area (Å²) in [5, 5.41) is 6.38. The number of hydrogen-bond acceptors (Lipinski definition) is 8. The molecular weight excluding hydrogens is 344 g/mol. The molecule has 0 aliphatic rings. The van der Waals surface area contributed by atoms with E-state index in [2.05, 4.69) is 25.6 Å². The Balaban J connectivity index is 1.84. The van der Waals surface area contributed by atoms with Crippen LogP contribution in [0.3, 0.4) is 0 Å². The van der Waals surface area contributed by atoms with Gasteiger partial charge in [0.1, 0.15) is 11.5 Å². The molecule has 27 heavy (non-hydrogen) atoms. The van der Waals surface area contributed by atoms with Crippen LogP contribution in [0.25, 0.3) is 0 Å². The Labute approximate surface area is 158 Å². The van der Waals surface area contributed by atoms with Crippen LogP contribution in [0.15, 0.2) is 48.5 Å². The minimum atomic E-state index is 0.440. The van der Waals surface area contributed by atoms with Gasteiger partial charge in [0.05, 0.1) is 14.2 Å². The molecule has 0 saturated heterocycles. The molecule has 140 valence electrons. The van der Waals surface area contributed by atoms with Crippen molar-refractivity contribution in [2.24, 2.45) is 0 Å². The molecule has 0 aliphatic carbocycles. The van der Waals surface area contributed by atoms with E-state index in [0.29, 0.717) is 17.8 Å². The average molecular weight is 366 g/mol. The second-order valence-electron chi connectivity index (χ2n) is 5.88. The Kier molecular flexibility index (Phi) is 5.55. The summed E-state index contributed by atoms with van der Waals surface area (Å²) in [6, 6.07) is 15.1. The van der Waals surface area contributed by atoms with Crippen molar-refractivity contribution in [3.63, 3.8) is 0 Å². The first-order valence-corrected chi connectivity index (χ1v) is 8.33. The van der Waals surface area contributed by atoms with Gasteiger partial charge in [-0.15, -0.1) is 0 Å². The summed E-state index contributed by atoms with van der Waals surface area (Å²) < 4.78 is 10.4. The maximum Gasteiger partial charge on any atom is 0.233 e. The largest absolute Gasteiger partial charge is 0.497 e. The van der Waals surface area contributed by atoms with Gasteiger partial charge in [-0.05, 0) is 48.5 Å². The minimum absolute atomic E-state index is 0.440. The van der Waals surface area contributed by atoms with Crippen LogP contribution in [-0.4, -0.2) is 43.3 Å². The normalized spacial score (nSPS) is 10.2. The zero-order valence-corrected chi connectivity index (χ0v) is 15.7. The zero-order valence-electron chi connectivity index (χ0n) is 15.7.